The Kier molecular flexibility index (Phi) is 13.4. The number of hydrogen-bond acceptors (Lipinski definition) is 7. The molecule has 3 rings (SSSR count). The molecule has 0 bridgehead atoms. The first-order chi connectivity index (χ1) is 17.6. The number of amides is 1. The van der Waals surface area contributed by atoms with Crippen LogP contribution in [0, 0.1) is 5.92 Å². The highest BCUT2D eigenvalue weighted by Crippen LogP contribution is 2.24. The van der Waals surface area contributed by atoms with Crippen LogP contribution in [-0.2, 0) is 30.3 Å². The van der Waals surface area contributed by atoms with Gasteiger partial charge in [-0.05, 0) is 18.6 Å². The highest BCUT2D eigenvalue weighted by atomic mass is 19.4. The first-order valence-corrected chi connectivity index (χ1v) is 11.3. The fourth-order valence-electron chi connectivity index (χ4n) is 3.54. The number of carbonyl (C=O) groups is 3. The number of alkyl halides is 6. The lowest BCUT2D eigenvalue weighted by Gasteiger charge is -2.38. The fourth-order valence-corrected chi connectivity index (χ4v) is 3.54. The number of carboxylic acid groups (broad SMARTS) is 2. The Balaban J connectivity index is 0.000000426. The zero-order valence-corrected chi connectivity index (χ0v) is 20.4. The Labute approximate surface area is 214 Å². The van der Waals surface area contributed by atoms with Crippen molar-refractivity contribution in [3.05, 3.63) is 30.1 Å². The van der Waals surface area contributed by atoms with Gasteiger partial charge in [0.1, 0.15) is 0 Å². The Morgan fingerprint density at radius 3 is 2.16 bits per heavy atom. The maximum absolute atomic E-state index is 12.5. The molecule has 1 amide bonds. The normalized spacial score (nSPS) is 20.0. The van der Waals surface area contributed by atoms with E-state index in [2.05, 4.69) is 9.88 Å². The topological polar surface area (TPSA) is 130 Å². The number of nitrogens with zero attached hydrogens (tertiary/aromatic N) is 3. The summed E-state index contributed by atoms with van der Waals surface area (Å²) in [5.74, 6) is -4.86. The van der Waals surface area contributed by atoms with Gasteiger partial charge >= 0.3 is 24.3 Å². The van der Waals surface area contributed by atoms with E-state index in [1.54, 1.807) is 13.3 Å². The summed E-state index contributed by atoms with van der Waals surface area (Å²) in [6.45, 7) is 5.93. The highest BCUT2D eigenvalue weighted by Gasteiger charge is 2.39. The molecular formula is C22H29F6N3O7. The smallest absolute Gasteiger partial charge is 0.475 e. The van der Waals surface area contributed by atoms with Gasteiger partial charge in [0.25, 0.3) is 0 Å². The highest BCUT2D eigenvalue weighted by molar-refractivity contribution is 5.78. The first-order valence-electron chi connectivity index (χ1n) is 11.3. The van der Waals surface area contributed by atoms with E-state index < -0.39 is 24.3 Å². The second kappa shape index (κ2) is 15.4. The van der Waals surface area contributed by atoms with Gasteiger partial charge in [-0.15, -0.1) is 0 Å². The molecule has 0 spiro atoms. The van der Waals surface area contributed by atoms with Crippen molar-refractivity contribution < 1.29 is 60.4 Å². The zero-order chi connectivity index (χ0) is 28.9. The van der Waals surface area contributed by atoms with Gasteiger partial charge in [-0.2, -0.15) is 26.3 Å². The summed E-state index contributed by atoms with van der Waals surface area (Å²) in [4.78, 5) is 38.9. The van der Waals surface area contributed by atoms with Crippen LogP contribution in [0.15, 0.2) is 24.4 Å². The number of ether oxygens (including phenoxy) is 2. The van der Waals surface area contributed by atoms with Crippen LogP contribution in [0.1, 0.15) is 12.1 Å². The van der Waals surface area contributed by atoms with Crippen molar-refractivity contribution >= 4 is 17.8 Å². The van der Waals surface area contributed by atoms with Gasteiger partial charge in [0.05, 0.1) is 25.7 Å². The fraction of sp³-hybridized carbons (Fsp3) is 0.636. The van der Waals surface area contributed by atoms with Crippen LogP contribution in [-0.4, -0.2) is 114 Å². The summed E-state index contributed by atoms with van der Waals surface area (Å²) in [5, 5.41) is 14.2. The van der Waals surface area contributed by atoms with Crippen molar-refractivity contribution in [1.82, 2.24) is 14.8 Å². The van der Waals surface area contributed by atoms with Crippen molar-refractivity contribution in [2.75, 3.05) is 53.0 Å². The van der Waals surface area contributed by atoms with Crippen molar-refractivity contribution in [2.24, 2.45) is 5.92 Å². The Hall–Kier alpha value is -2.98. The molecule has 0 aromatic carbocycles. The van der Waals surface area contributed by atoms with E-state index in [-0.39, 0.29) is 12.0 Å². The molecule has 1 aromatic heterocycles. The monoisotopic (exact) mass is 561 g/mol. The Morgan fingerprint density at radius 2 is 1.66 bits per heavy atom. The average molecular weight is 561 g/mol. The van der Waals surface area contributed by atoms with Gasteiger partial charge in [-0.1, -0.05) is 6.07 Å². The molecule has 16 heteroatoms. The van der Waals surface area contributed by atoms with E-state index in [9.17, 15) is 31.1 Å². The molecule has 0 saturated carbocycles. The van der Waals surface area contributed by atoms with Crippen LogP contribution in [0.2, 0.25) is 0 Å². The predicted octanol–water partition coefficient (Wildman–Crippen LogP) is 2.09. The molecule has 2 atom stereocenters. The lowest BCUT2D eigenvalue weighted by Crippen LogP contribution is -2.49. The summed E-state index contributed by atoms with van der Waals surface area (Å²) in [6, 6.07) is 5.69. The maximum atomic E-state index is 12.5. The van der Waals surface area contributed by atoms with Crippen LogP contribution >= 0.6 is 0 Å². The number of aromatic nitrogens is 1. The van der Waals surface area contributed by atoms with Crippen molar-refractivity contribution in [2.45, 2.75) is 31.3 Å². The second-order valence-corrected chi connectivity index (χ2v) is 8.19. The van der Waals surface area contributed by atoms with Crippen LogP contribution in [0.5, 0.6) is 0 Å². The molecule has 38 heavy (non-hydrogen) atoms. The van der Waals surface area contributed by atoms with Crippen LogP contribution < -0.4 is 0 Å². The van der Waals surface area contributed by atoms with Crippen LogP contribution in [0.25, 0.3) is 0 Å². The van der Waals surface area contributed by atoms with Gasteiger partial charge in [0, 0.05) is 57.6 Å². The molecule has 10 nitrogen and oxygen atoms in total. The SMILES string of the molecule is COCCN1CCO[C@@H]2CN(C(=O)Cc3ccccn3)CC[C@@H]2C1.O=C(O)C(F)(F)F.O=C(O)C(F)(F)F. The molecular weight excluding hydrogens is 532 g/mol. The lowest BCUT2D eigenvalue weighted by molar-refractivity contribution is -0.193. The molecule has 2 fully saturated rings. The van der Waals surface area contributed by atoms with Crippen molar-refractivity contribution in [3.63, 3.8) is 0 Å². The number of carboxylic acids is 2. The molecule has 2 aliphatic heterocycles. The van der Waals surface area contributed by atoms with Gasteiger partial charge in [-0.3, -0.25) is 14.7 Å². The van der Waals surface area contributed by atoms with Crippen LogP contribution in [0.3, 0.4) is 0 Å². The van der Waals surface area contributed by atoms with E-state index in [0.717, 1.165) is 51.5 Å². The summed E-state index contributed by atoms with van der Waals surface area (Å²) >= 11 is 0. The number of rotatable bonds is 5. The molecule has 216 valence electrons. The number of halogens is 6. The number of carbonyl (C=O) groups excluding carboxylic acids is 1. The largest absolute Gasteiger partial charge is 0.490 e. The molecule has 3 heterocycles. The molecule has 0 unspecified atom stereocenters. The Morgan fingerprint density at radius 1 is 1.05 bits per heavy atom. The van der Waals surface area contributed by atoms with Gasteiger partial charge < -0.3 is 24.6 Å². The molecule has 2 saturated heterocycles. The number of piperidine rings is 1. The van der Waals surface area contributed by atoms with Gasteiger partial charge in [0.2, 0.25) is 5.91 Å². The van der Waals surface area contributed by atoms with E-state index in [1.807, 2.05) is 23.1 Å². The Bertz CT molecular complexity index is 862. The van der Waals surface area contributed by atoms with Crippen molar-refractivity contribution in [3.8, 4) is 0 Å². The molecule has 2 N–H and O–H groups in total. The van der Waals surface area contributed by atoms with Gasteiger partial charge in [-0.25, -0.2) is 9.59 Å². The van der Waals surface area contributed by atoms with E-state index in [1.165, 1.54) is 0 Å². The zero-order valence-electron chi connectivity index (χ0n) is 20.4. The lowest BCUT2D eigenvalue weighted by atomic mass is 9.93. The van der Waals surface area contributed by atoms with Gasteiger partial charge in [0.15, 0.2) is 0 Å². The number of hydrogen-bond donors (Lipinski definition) is 2. The maximum Gasteiger partial charge on any atom is 0.490 e. The van der Waals surface area contributed by atoms with Crippen LogP contribution in [0.4, 0.5) is 26.3 Å². The number of methoxy groups -OCH3 is 1. The summed E-state index contributed by atoms with van der Waals surface area (Å²) < 4.78 is 74.7. The van der Waals surface area contributed by atoms with Crippen molar-refractivity contribution in [1.29, 1.82) is 0 Å². The van der Waals surface area contributed by atoms with E-state index >= 15 is 0 Å². The third-order valence-electron chi connectivity index (χ3n) is 5.44. The molecule has 0 radical (unpaired) electrons. The molecule has 2 aliphatic rings. The standard InChI is InChI=1S/C18H27N3O3.2C2HF3O2/c1-23-10-8-20-9-11-24-17-14-21(7-5-15(17)13-20)18(22)12-16-4-2-3-6-19-16;2*3-2(4,5)1(6)7/h2-4,6,15,17H,5,7-14H2,1H3;2*(H,6,7)/t15-,17-;;/m1../s1. The number of fused-ring (bicyclic) bond motifs is 1. The average Bonchev–Trinajstić information content (AvgIpc) is 3.04. The number of likely N-dealkylation sites (tertiary alicyclic amines) is 1. The summed E-state index contributed by atoms with van der Waals surface area (Å²) in [6.07, 6.45) is -6.91. The minimum absolute atomic E-state index is 0.149. The third kappa shape index (κ3) is 12.5. The number of pyridine rings is 1. The first kappa shape index (κ1) is 33.0. The quantitative estimate of drug-likeness (QED) is 0.519. The summed E-state index contributed by atoms with van der Waals surface area (Å²) in [5.41, 5.74) is 0.831. The second-order valence-electron chi connectivity index (χ2n) is 8.19. The predicted molar refractivity (Wildman–Crippen MR) is 118 cm³/mol. The minimum Gasteiger partial charge on any atom is -0.475 e. The molecule has 1 aromatic rings. The third-order valence-corrected chi connectivity index (χ3v) is 5.44. The molecule has 0 aliphatic carbocycles. The number of aliphatic carboxylic acids is 2. The minimum atomic E-state index is -5.08. The summed E-state index contributed by atoms with van der Waals surface area (Å²) in [7, 11) is 1.74. The van der Waals surface area contributed by atoms with E-state index in [4.69, 9.17) is 29.3 Å². The van der Waals surface area contributed by atoms with E-state index in [0.29, 0.717) is 18.9 Å².